The number of benzene rings is 1. The number of anilines is 1. The summed E-state index contributed by atoms with van der Waals surface area (Å²) in [5, 5.41) is 15.1. The minimum Gasteiger partial charge on any atom is -0.478 e. The maximum absolute atomic E-state index is 11.8. The van der Waals surface area contributed by atoms with Gasteiger partial charge in [0.1, 0.15) is 0 Å². The summed E-state index contributed by atoms with van der Waals surface area (Å²) in [5.74, 6) is -1.25. The number of carboxylic acids is 1. The van der Waals surface area contributed by atoms with Crippen molar-refractivity contribution in [3.05, 3.63) is 40.8 Å². The lowest BCUT2D eigenvalue weighted by Gasteiger charge is -2.13. The summed E-state index contributed by atoms with van der Waals surface area (Å²) in [6.45, 7) is 1.58. The average molecular weight is 310 g/mol. The van der Waals surface area contributed by atoms with Gasteiger partial charge >= 0.3 is 12.0 Å². The van der Waals surface area contributed by atoms with Gasteiger partial charge in [-0.1, -0.05) is 6.07 Å². The fraction of sp³-hybridized carbons (Fsp3) is 0.231. The normalized spacial score (nSPS) is 19.2. The Morgan fingerprint density at radius 2 is 2.05 bits per heavy atom. The van der Waals surface area contributed by atoms with Crippen LogP contribution >= 0.6 is 0 Å². The van der Waals surface area contributed by atoms with Crippen LogP contribution in [-0.4, -0.2) is 37.3 Å². The third-order valence-electron chi connectivity index (χ3n) is 3.06. The van der Waals surface area contributed by atoms with Gasteiger partial charge < -0.3 is 15.7 Å². The molecule has 21 heavy (non-hydrogen) atoms. The SMILES string of the molecule is Cc1c(NC(=O)NC2C=CS(=O)(=O)C2)cccc1C(=O)O. The Morgan fingerprint density at radius 3 is 2.62 bits per heavy atom. The number of rotatable bonds is 3. The Bertz CT molecular complexity index is 724. The van der Waals surface area contributed by atoms with E-state index in [-0.39, 0.29) is 11.3 Å². The molecule has 0 bridgehead atoms. The molecule has 1 aromatic rings. The smallest absolute Gasteiger partial charge is 0.336 e. The maximum Gasteiger partial charge on any atom is 0.336 e. The van der Waals surface area contributed by atoms with E-state index in [1.165, 1.54) is 18.2 Å². The first-order valence-corrected chi connectivity index (χ1v) is 7.81. The molecule has 0 radical (unpaired) electrons. The predicted octanol–water partition coefficient (Wildman–Crippen LogP) is 1.13. The van der Waals surface area contributed by atoms with Crippen LogP contribution in [0.3, 0.4) is 0 Å². The number of urea groups is 1. The highest BCUT2D eigenvalue weighted by atomic mass is 32.2. The van der Waals surface area contributed by atoms with Gasteiger partial charge in [-0.15, -0.1) is 0 Å². The standard InChI is InChI=1S/C13H14N2O5S/c1-8-10(12(16)17)3-2-4-11(8)15-13(18)14-9-5-6-21(19,20)7-9/h2-6,9H,7H2,1H3,(H,16,17)(H2,14,15,18). The molecule has 0 saturated heterocycles. The van der Waals surface area contributed by atoms with Gasteiger partial charge in [0, 0.05) is 11.1 Å². The average Bonchev–Trinajstić information content (AvgIpc) is 2.70. The molecule has 0 fully saturated rings. The van der Waals surface area contributed by atoms with Crippen molar-refractivity contribution in [3.8, 4) is 0 Å². The lowest BCUT2D eigenvalue weighted by molar-refractivity contribution is 0.0696. The first kappa shape index (κ1) is 15.0. The van der Waals surface area contributed by atoms with Crippen LogP contribution in [0.2, 0.25) is 0 Å². The van der Waals surface area contributed by atoms with Gasteiger partial charge in [0.15, 0.2) is 9.84 Å². The summed E-state index contributed by atoms with van der Waals surface area (Å²) in [4.78, 5) is 22.8. The number of aromatic carboxylic acids is 1. The molecule has 8 heteroatoms. The monoisotopic (exact) mass is 310 g/mol. The third-order valence-corrected chi connectivity index (χ3v) is 4.45. The van der Waals surface area contributed by atoms with Gasteiger partial charge in [0.25, 0.3) is 0 Å². The number of nitrogens with one attached hydrogen (secondary N) is 2. The highest BCUT2D eigenvalue weighted by Crippen LogP contribution is 2.19. The number of sulfone groups is 1. The highest BCUT2D eigenvalue weighted by molar-refractivity contribution is 7.94. The zero-order chi connectivity index (χ0) is 15.6. The van der Waals surface area contributed by atoms with Crippen LogP contribution in [0.1, 0.15) is 15.9 Å². The molecule has 0 aliphatic carbocycles. The Morgan fingerprint density at radius 1 is 1.33 bits per heavy atom. The fourth-order valence-corrected chi connectivity index (χ4v) is 3.23. The lowest BCUT2D eigenvalue weighted by atomic mass is 10.1. The molecule has 2 amide bonds. The molecular weight excluding hydrogens is 296 g/mol. The van der Waals surface area contributed by atoms with Crippen molar-refractivity contribution in [1.82, 2.24) is 5.32 Å². The molecule has 7 nitrogen and oxygen atoms in total. The van der Waals surface area contributed by atoms with Crippen molar-refractivity contribution in [3.63, 3.8) is 0 Å². The van der Waals surface area contributed by atoms with E-state index in [1.54, 1.807) is 13.0 Å². The van der Waals surface area contributed by atoms with Crippen LogP contribution in [0.15, 0.2) is 29.7 Å². The number of carbonyl (C=O) groups excluding carboxylic acids is 1. The first-order chi connectivity index (χ1) is 9.78. The number of carboxylic acid groups (broad SMARTS) is 1. The second kappa shape index (κ2) is 5.57. The highest BCUT2D eigenvalue weighted by Gasteiger charge is 2.23. The van der Waals surface area contributed by atoms with Crippen molar-refractivity contribution in [1.29, 1.82) is 0 Å². The van der Waals surface area contributed by atoms with Gasteiger partial charge in [0.05, 0.1) is 17.4 Å². The third kappa shape index (κ3) is 3.60. The molecule has 1 aliphatic rings. The molecule has 1 aromatic carbocycles. The van der Waals surface area contributed by atoms with Gasteiger partial charge in [-0.05, 0) is 30.7 Å². The zero-order valence-corrected chi connectivity index (χ0v) is 12.0. The van der Waals surface area contributed by atoms with Crippen LogP contribution in [0, 0.1) is 6.92 Å². The number of hydrogen-bond donors (Lipinski definition) is 3. The van der Waals surface area contributed by atoms with E-state index in [9.17, 15) is 18.0 Å². The van der Waals surface area contributed by atoms with Crippen LogP contribution in [-0.2, 0) is 9.84 Å². The molecule has 2 rings (SSSR count). The van der Waals surface area contributed by atoms with Crippen molar-refractivity contribution in [2.24, 2.45) is 0 Å². The Hall–Kier alpha value is -2.35. The number of amides is 2. The molecular formula is C13H14N2O5S. The summed E-state index contributed by atoms with van der Waals surface area (Å²) in [7, 11) is -3.24. The summed E-state index contributed by atoms with van der Waals surface area (Å²) >= 11 is 0. The Kier molecular flexibility index (Phi) is 3.99. The van der Waals surface area contributed by atoms with E-state index >= 15 is 0 Å². The molecule has 112 valence electrons. The molecule has 0 aromatic heterocycles. The van der Waals surface area contributed by atoms with Crippen LogP contribution in [0.4, 0.5) is 10.5 Å². The predicted molar refractivity (Wildman–Crippen MR) is 77.0 cm³/mol. The molecule has 3 N–H and O–H groups in total. The number of hydrogen-bond acceptors (Lipinski definition) is 4. The van der Waals surface area contributed by atoms with Gasteiger partial charge in [-0.25, -0.2) is 18.0 Å². The molecule has 0 spiro atoms. The quantitative estimate of drug-likeness (QED) is 0.774. The van der Waals surface area contributed by atoms with Crippen molar-refractivity contribution in [2.75, 3.05) is 11.1 Å². The molecule has 0 saturated carbocycles. The Labute approximate surface area is 121 Å². The minimum absolute atomic E-state index is 0.0936. The van der Waals surface area contributed by atoms with E-state index in [0.29, 0.717) is 11.3 Å². The van der Waals surface area contributed by atoms with Crippen molar-refractivity contribution < 1.29 is 23.1 Å². The van der Waals surface area contributed by atoms with Crippen LogP contribution < -0.4 is 10.6 Å². The van der Waals surface area contributed by atoms with Crippen LogP contribution in [0.25, 0.3) is 0 Å². The van der Waals surface area contributed by atoms with Crippen LogP contribution in [0.5, 0.6) is 0 Å². The van der Waals surface area contributed by atoms with Gasteiger partial charge in [-0.2, -0.15) is 0 Å². The summed E-state index contributed by atoms with van der Waals surface area (Å²) in [6, 6.07) is 3.35. The van der Waals surface area contributed by atoms with Gasteiger partial charge in [-0.3, -0.25) is 0 Å². The van der Waals surface area contributed by atoms with E-state index < -0.39 is 27.9 Å². The zero-order valence-electron chi connectivity index (χ0n) is 11.2. The summed E-state index contributed by atoms with van der Waals surface area (Å²) in [5.41, 5.74) is 0.878. The van der Waals surface area contributed by atoms with E-state index in [2.05, 4.69) is 10.6 Å². The lowest BCUT2D eigenvalue weighted by Crippen LogP contribution is -2.38. The topological polar surface area (TPSA) is 113 Å². The fourth-order valence-electron chi connectivity index (χ4n) is 2.00. The van der Waals surface area contributed by atoms with Gasteiger partial charge in [0.2, 0.25) is 0 Å². The molecule has 1 atom stereocenters. The minimum atomic E-state index is -3.24. The maximum atomic E-state index is 11.8. The number of carbonyl (C=O) groups is 2. The summed E-state index contributed by atoms with van der Waals surface area (Å²) in [6.07, 6.45) is 1.40. The second-order valence-corrected chi connectivity index (χ2v) is 6.58. The van der Waals surface area contributed by atoms with E-state index in [1.807, 2.05) is 0 Å². The molecule has 1 aliphatic heterocycles. The summed E-state index contributed by atoms with van der Waals surface area (Å²) < 4.78 is 22.5. The largest absolute Gasteiger partial charge is 0.478 e. The Balaban J connectivity index is 2.06. The molecule has 1 heterocycles. The second-order valence-electron chi connectivity index (χ2n) is 4.65. The van der Waals surface area contributed by atoms with E-state index in [0.717, 1.165) is 5.41 Å². The molecule has 1 unspecified atom stereocenters. The van der Waals surface area contributed by atoms with Crippen molar-refractivity contribution >= 4 is 27.5 Å². The first-order valence-electron chi connectivity index (χ1n) is 6.10. The van der Waals surface area contributed by atoms with E-state index in [4.69, 9.17) is 5.11 Å². The van der Waals surface area contributed by atoms with Crippen molar-refractivity contribution in [2.45, 2.75) is 13.0 Å².